The molecule has 1 aromatic heterocycles. The highest BCUT2D eigenvalue weighted by Gasteiger charge is 2.40. The van der Waals surface area contributed by atoms with Gasteiger partial charge in [-0.1, -0.05) is 40.2 Å². The van der Waals surface area contributed by atoms with E-state index in [4.69, 9.17) is 4.42 Å². The van der Waals surface area contributed by atoms with Gasteiger partial charge in [0.25, 0.3) is 5.91 Å². The van der Waals surface area contributed by atoms with Crippen molar-refractivity contribution in [3.8, 4) is 0 Å². The summed E-state index contributed by atoms with van der Waals surface area (Å²) in [4.78, 5) is 27.0. The summed E-state index contributed by atoms with van der Waals surface area (Å²) < 4.78 is 6.64. The smallest absolute Gasteiger partial charge is 0.290 e. The Morgan fingerprint density at radius 3 is 2.65 bits per heavy atom. The van der Waals surface area contributed by atoms with Crippen molar-refractivity contribution >= 4 is 32.8 Å². The molecule has 0 spiro atoms. The van der Waals surface area contributed by atoms with Gasteiger partial charge in [-0.2, -0.15) is 0 Å². The minimum Gasteiger partial charge on any atom is -0.450 e. The SMILES string of the molecule is CN1C(=O)c2oc3ccccc3c(=O)c2C1c1cccc(Br)c1. The van der Waals surface area contributed by atoms with Crippen LogP contribution in [0.1, 0.15) is 27.7 Å². The Hall–Kier alpha value is -2.40. The zero-order valence-corrected chi connectivity index (χ0v) is 13.8. The average Bonchev–Trinajstić information content (AvgIpc) is 2.80. The summed E-state index contributed by atoms with van der Waals surface area (Å²) in [5.41, 5.74) is 1.57. The molecule has 4 rings (SSSR count). The third-order valence-electron chi connectivity index (χ3n) is 4.17. The van der Waals surface area contributed by atoms with Crippen LogP contribution in [0.15, 0.2) is 62.2 Å². The Bertz CT molecular complexity index is 1010. The van der Waals surface area contributed by atoms with Gasteiger partial charge in [0.2, 0.25) is 5.76 Å². The van der Waals surface area contributed by atoms with E-state index in [0.29, 0.717) is 16.5 Å². The minimum atomic E-state index is -0.434. The molecule has 0 fully saturated rings. The molecule has 4 nitrogen and oxygen atoms in total. The van der Waals surface area contributed by atoms with Gasteiger partial charge >= 0.3 is 0 Å². The van der Waals surface area contributed by atoms with Crippen LogP contribution in [0.25, 0.3) is 11.0 Å². The first-order valence-electron chi connectivity index (χ1n) is 7.16. The number of benzene rings is 2. The molecule has 0 bridgehead atoms. The summed E-state index contributed by atoms with van der Waals surface area (Å²) in [6.45, 7) is 0. The first-order chi connectivity index (χ1) is 11.1. The maximum Gasteiger partial charge on any atom is 0.290 e. The number of hydrogen-bond acceptors (Lipinski definition) is 3. The van der Waals surface area contributed by atoms with Crippen LogP contribution in [0.5, 0.6) is 0 Å². The van der Waals surface area contributed by atoms with Crippen LogP contribution in [-0.4, -0.2) is 17.9 Å². The molecular formula is C18H12BrNO3. The van der Waals surface area contributed by atoms with Crippen LogP contribution in [0.3, 0.4) is 0 Å². The lowest BCUT2D eigenvalue weighted by Crippen LogP contribution is -2.25. The third kappa shape index (κ3) is 2.04. The largest absolute Gasteiger partial charge is 0.450 e. The van der Waals surface area contributed by atoms with Crippen LogP contribution in [-0.2, 0) is 0 Å². The zero-order valence-electron chi connectivity index (χ0n) is 12.2. The van der Waals surface area contributed by atoms with E-state index in [-0.39, 0.29) is 17.1 Å². The first kappa shape index (κ1) is 14.2. The molecule has 5 heteroatoms. The maximum absolute atomic E-state index is 12.9. The number of carbonyl (C=O) groups is 1. The van der Waals surface area contributed by atoms with Gasteiger partial charge in [-0.15, -0.1) is 0 Å². The highest BCUT2D eigenvalue weighted by molar-refractivity contribution is 9.10. The molecule has 1 aliphatic rings. The number of para-hydroxylation sites is 1. The second-order valence-electron chi connectivity index (χ2n) is 5.54. The molecule has 3 aromatic rings. The number of fused-ring (bicyclic) bond motifs is 2. The Balaban J connectivity index is 2.05. The summed E-state index contributed by atoms with van der Waals surface area (Å²) in [7, 11) is 1.69. The molecule has 23 heavy (non-hydrogen) atoms. The van der Waals surface area contributed by atoms with Crippen molar-refractivity contribution in [2.45, 2.75) is 6.04 Å². The molecule has 0 saturated carbocycles. The third-order valence-corrected chi connectivity index (χ3v) is 4.67. The van der Waals surface area contributed by atoms with E-state index >= 15 is 0 Å². The molecule has 1 aliphatic heterocycles. The fourth-order valence-electron chi connectivity index (χ4n) is 3.10. The van der Waals surface area contributed by atoms with Crippen LogP contribution in [0.2, 0.25) is 0 Å². The van der Waals surface area contributed by atoms with E-state index in [9.17, 15) is 9.59 Å². The number of hydrogen-bond donors (Lipinski definition) is 0. The van der Waals surface area contributed by atoms with Crippen LogP contribution < -0.4 is 5.43 Å². The molecule has 0 radical (unpaired) electrons. The van der Waals surface area contributed by atoms with Crippen molar-refractivity contribution in [1.29, 1.82) is 0 Å². The second kappa shape index (κ2) is 5.06. The van der Waals surface area contributed by atoms with Crippen molar-refractivity contribution in [3.05, 3.63) is 80.1 Å². The fraction of sp³-hybridized carbons (Fsp3) is 0.111. The van der Waals surface area contributed by atoms with Gasteiger partial charge in [0.1, 0.15) is 5.58 Å². The van der Waals surface area contributed by atoms with Crippen LogP contribution >= 0.6 is 15.9 Å². The Kier molecular flexibility index (Phi) is 3.13. The van der Waals surface area contributed by atoms with E-state index in [2.05, 4.69) is 15.9 Å². The van der Waals surface area contributed by atoms with E-state index in [1.165, 1.54) is 0 Å². The quantitative estimate of drug-likeness (QED) is 0.656. The van der Waals surface area contributed by atoms with Crippen molar-refractivity contribution in [1.82, 2.24) is 4.90 Å². The van der Waals surface area contributed by atoms with Gasteiger partial charge in [-0.3, -0.25) is 9.59 Å². The molecule has 1 amide bonds. The summed E-state index contributed by atoms with van der Waals surface area (Å²) in [6, 6.07) is 14.2. The van der Waals surface area contributed by atoms with E-state index in [1.807, 2.05) is 24.3 Å². The summed E-state index contributed by atoms with van der Waals surface area (Å²) in [5.74, 6) is -0.131. The molecule has 0 aliphatic carbocycles. The van der Waals surface area contributed by atoms with E-state index < -0.39 is 6.04 Å². The van der Waals surface area contributed by atoms with Crippen molar-refractivity contribution in [2.75, 3.05) is 7.05 Å². The Morgan fingerprint density at radius 2 is 1.87 bits per heavy atom. The number of nitrogens with zero attached hydrogens (tertiary/aromatic N) is 1. The van der Waals surface area contributed by atoms with Crippen LogP contribution in [0.4, 0.5) is 0 Å². The predicted molar refractivity (Wildman–Crippen MR) is 90.6 cm³/mol. The number of halogens is 1. The van der Waals surface area contributed by atoms with Gasteiger partial charge in [-0.25, -0.2) is 0 Å². The van der Waals surface area contributed by atoms with Crippen molar-refractivity contribution in [3.63, 3.8) is 0 Å². The molecule has 1 atom stereocenters. The Labute approximate surface area is 140 Å². The zero-order chi connectivity index (χ0) is 16.1. The summed E-state index contributed by atoms with van der Waals surface area (Å²) >= 11 is 3.44. The summed E-state index contributed by atoms with van der Waals surface area (Å²) in [6.07, 6.45) is 0. The highest BCUT2D eigenvalue weighted by atomic mass is 79.9. The van der Waals surface area contributed by atoms with Crippen LogP contribution in [0, 0.1) is 0 Å². The number of rotatable bonds is 1. The van der Waals surface area contributed by atoms with E-state index in [0.717, 1.165) is 10.0 Å². The van der Waals surface area contributed by atoms with Gasteiger partial charge in [0.15, 0.2) is 5.43 Å². The Morgan fingerprint density at radius 1 is 1.09 bits per heavy atom. The molecule has 2 aromatic carbocycles. The lowest BCUT2D eigenvalue weighted by Gasteiger charge is -2.20. The van der Waals surface area contributed by atoms with Crippen molar-refractivity contribution < 1.29 is 9.21 Å². The minimum absolute atomic E-state index is 0.140. The standard InChI is InChI=1S/C18H12BrNO3/c1-20-15(10-5-4-6-11(19)9-10)14-16(21)12-7-2-3-8-13(12)23-17(14)18(20)22/h2-9,15H,1H3. The molecule has 0 saturated heterocycles. The normalized spacial score (nSPS) is 16.9. The molecule has 0 N–H and O–H groups in total. The number of amides is 1. The second-order valence-corrected chi connectivity index (χ2v) is 6.46. The highest BCUT2D eigenvalue weighted by Crippen LogP contribution is 2.37. The van der Waals surface area contributed by atoms with Crippen molar-refractivity contribution in [2.24, 2.45) is 0 Å². The monoisotopic (exact) mass is 369 g/mol. The average molecular weight is 370 g/mol. The van der Waals surface area contributed by atoms with Gasteiger partial charge in [0.05, 0.1) is 17.0 Å². The number of carbonyl (C=O) groups excluding carboxylic acids is 1. The fourth-order valence-corrected chi connectivity index (χ4v) is 3.52. The summed E-state index contributed by atoms with van der Waals surface area (Å²) in [5, 5.41) is 0.495. The van der Waals surface area contributed by atoms with E-state index in [1.54, 1.807) is 36.2 Å². The molecule has 114 valence electrons. The molecular weight excluding hydrogens is 358 g/mol. The lowest BCUT2D eigenvalue weighted by molar-refractivity contribution is 0.0771. The molecule has 2 heterocycles. The topological polar surface area (TPSA) is 50.5 Å². The molecule has 1 unspecified atom stereocenters. The lowest BCUT2D eigenvalue weighted by atomic mass is 9.99. The van der Waals surface area contributed by atoms with Gasteiger partial charge < -0.3 is 9.32 Å². The van der Waals surface area contributed by atoms with Gasteiger partial charge in [0, 0.05) is 11.5 Å². The maximum atomic E-state index is 12.9. The van der Waals surface area contributed by atoms with Gasteiger partial charge in [-0.05, 0) is 29.8 Å². The first-order valence-corrected chi connectivity index (χ1v) is 7.95. The predicted octanol–water partition coefficient (Wildman–Crippen LogP) is 3.73.